The van der Waals surface area contributed by atoms with E-state index in [0.717, 1.165) is 25.8 Å². The molecule has 1 heterocycles. The highest BCUT2D eigenvalue weighted by atomic mass is 16.5. The molecule has 1 N–H and O–H groups in total. The van der Waals surface area contributed by atoms with E-state index in [1.807, 2.05) is 0 Å². The van der Waals surface area contributed by atoms with Gasteiger partial charge in [-0.25, -0.2) is 0 Å². The van der Waals surface area contributed by atoms with Crippen LogP contribution in [0.5, 0.6) is 0 Å². The third kappa shape index (κ3) is 3.46. The van der Waals surface area contributed by atoms with Crippen LogP contribution in [0.4, 0.5) is 0 Å². The molecule has 0 aromatic rings. The van der Waals surface area contributed by atoms with E-state index in [-0.39, 0.29) is 0 Å². The SMILES string of the molecule is CCN(CC1(CNC)CCOCC1)C1CCCC1. The Morgan fingerprint density at radius 2 is 1.89 bits per heavy atom. The van der Waals surface area contributed by atoms with Gasteiger partial charge in [0.1, 0.15) is 0 Å². The second-order valence-corrected chi connectivity index (χ2v) is 6.14. The van der Waals surface area contributed by atoms with E-state index in [1.165, 1.54) is 51.6 Å². The summed E-state index contributed by atoms with van der Waals surface area (Å²) in [6.45, 7) is 7.83. The first-order chi connectivity index (χ1) is 8.79. The summed E-state index contributed by atoms with van der Waals surface area (Å²) in [4.78, 5) is 2.75. The maximum atomic E-state index is 5.57. The Balaban J connectivity index is 1.96. The molecule has 3 nitrogen and oxygen atoms in total. The van der Waals surface area contributed by atoms with Crippen LogP contribution in [0, 0.1) is 5.41 Å². The lowest BCUT2D eigenvalue weighted by Crippen LogP contribution is -2.49. The van der Waals surface area contributed by atoms with Crippen LogP contribution in [0.3, 0.4) is 0 Å². The molecule has 1 saturated carbocycles. The zero-order valence-corrected chi connectivity index (χ0v) is 12.2. The molecule has 0 aromatic heterocycles. The smallest absolute Gasteiger partial charge is 0.0472 e. The molecule has 0 atom stereocenters. The van der Waals surface area contributed by atoms with Gasteiger partial charge in [0.15, 0.2) is 0 Å². The molecule has 0 radical (unpaired) electrons. The summed E-state index contributed by atoms with van der Waals surface area (Å²) >= 11 is 0. The summed E-state index contributed by atoms with van der Waals surface area (Å²) < 4.78 is 5.57. The monoisotopic (exact) mass is 254 g/mol. The van der Waals surface area contributed by atoms with Gasteiger partial charge in [0, 0.05) is 32.3 Å². The van der Waals surface area contributed by atoms with Crippen LogP contribution >= 0.6 is 0 Å². The topological polar surface area (TPSA) is 24.5 Å². The largest absolute Gasteiger partial charge is 0.381 e. The maximum Gasteiger partial charge on any atom is 0.0472 e. The van der Waals surface area contributed by atoms with E-state index >= 15 is 0 Å². The summed E-state index contributed by atoms with van der Waals surface area (Å²) in [5, 5.41) is 3.42. The molecule has 106 valence electrons. The fourth-order valence-electron chi connectivity index (χ4n) is 3.77. The Hall–Kier alpha value is -0.120. The molecule has 2 aliphatic rings. The van der Waals surface area contributed by atoms with Crippen LogP contribution in [0.15, 0.2) is 0 Å². The second-order valence-electron chi connectivity index (χ2n) is 6.14. The maximum absolute atomic E-state index is 5.57. The molecule has 2 rings (SSSR count). The van der Waals surface area contributed by atoms with Gasteiger partial charge in [-0.15, -0.1) is 0 Å². The number of ether oxygens (including phenoxy) is 1. The van der Waals surface area contributed by atoms with Crippen molar-refractivity contribution in [2.24, 2.45) is 5.41 Å². The van der Waals surface area contributed by atoms with Crippen LogP contribution in [-0.4, -0.2) is 50.8 Å². The van der Waals surface area contributed by atoms with Gasteiger partial charge in [-0.05, 0) is 44.7 Å². The number of nitrogens with one attached hydrogen (secondary N) is 1. The molecule has 1 saturated heterocycles. The van der Waals surface area contributed by atoms with Crippen molar-refractivity contribution < 1.29 is 4.74 Å². The molecule has 1 aliphatic carbocycles. The highest BCUT2D eigenvalue weighted by Gasteiger charge is 2.35. The summed E-state index contributed by atoms with van der Waals surface area (Å²) in [7, 11) is 2.09. The number of hydrogen-bond donors (Lipinski definition) is 1. The lowest BCUT2D eigenvalue weighted by Gasteiger charge is -2.42. The molecule has 0 aromatic carbocycles. The lowest BCUT2D eigenvalue weighted by atomic mass is 9.79. The van der Waals surface area contributed by atoms with Crippen molar-refractivity contribution in [2.75, 3.05) is 39.9 Å². The highest BCUT2D eigenvalue weighted by Crippen LogP contribution is 2.33. The average molecular weight is 254 g/mol. The van der Waals surface area contributed by atoms with E-state index in [0.29, 0.717) is 5.41 Å². The standard InChI is InChI=1S/C15H30N2O/c1-3-17(14-6-4-5-7-14)13-15(12-16-2)8-10-18-11-9-15/h14,16H,3-13H2,1-2H3. The van der Waals surface area contributed by atoms with E-state index in [2.05, 4.69) is 24.2 Å². The first-order valence-electron chi connectivity index (χ1n) is 7.76. The molecule has 0 amide bonds. The number of hydrogen-bond acceptors (Lipinski definition) is 3. The summed E-state index contributed by atoms with van der Waals surface area (Å²) in [5.41, 5.74) is 0.450. The molecule has 0 spiro atoms. The van der Waals surface area contributed by atoms with Crippen molar-refractivity contribution in [3.05, 3.63) is 0 Å². The zero-order chi connectivity index (χ0) is 12.8. The van der Waals surface area contributed by atoms with E-state index in [9.17, 15) is 0 Å². The van der Waals surface area contributed by atoms with Crippen molar-refractivity contribution in [1.29, 1.82) is 0 Å². The van der Waals surface area contributed by atoms with Crippen LogP contribution < -0.4 is 5.32 Å². The van der Waals surface area contributed by atoms with Gasteiger partial charge in [0.25, 0.3) is 0 Å². The predicted molar refractivity (Wildman–Crippen MR) is 75.9 cm³/mol. The van der Waals surface area contributed by atoms with E-state index in [1.54, 1.807) is 0 Å². The molecule has 0 unspecified atom stereocenters. The summed E-state index contributed by atoms with van der Waals surface area (Å²) in [6.07, 6.45) is 8.14. The summed E-state index contributed by atoms with van der Waals surface area (Å²) in [6, 6.07) is 0.853. The normalized spacial score (nSPS) is 24.8. The Kier molecular flexibility index (Phi) is 5.46. The van der Waals surface area contributed by atoms with Crippen molar-refractivity contribution in [1.82, 2.24) is 10.2 Å². The van der Waals surface area contributed by atoms with Crippen LogP contribution in [0.2, 0.25) is 0 Å². The van der Waals surface area contributed by atoms with Crippen LogP contribution in [-0.2, 0) is 4.74 Å². The minimum atomic E-state index is 0.450. The Labute approximate surface area is 112 Å². The summed E-state index contributed by atoms with van der Waals surface area (Å²) in [5.74, 6) is 0. The molecule has 1 aliphatic heterocycles. The predicted octanol–water partition coefficient (Wildman–Crippen LogP) is 2.27. The fraction of sp³-hybridized carbons (Fsp3) is 1.00. The Bertz CT molecular complexity index is 227. The zero-order valence-electron chi connectivity index (χ0n) is 12.2. The van der Waals surface area contributed by atoms with E-state index in [4.69, 9.17) is 4.74 Å². The van der Waals surface area contributed by atoms with Crippen molar-refractivity contribution >= 4 is 0 Å². The van der Waals surface area contributed by atoms with Gasteiger partial charge in [-0.3, -0.25) is 0 Å². The lowest BCUT2D eigenvalue weighted by molar-refractivity contribution is -0.00967. The second kappa shape index (κ2) is 6.88. The number of nitrogens with zero attached hydrogens (tertiary/aromatic N) is 1. The van der Waals surface area contributed by atoms with Gasteiger partial charge < -0.3 is 15.0 Å². The first kappa shape index (κ1) is 14.3. The Morgan fingerprint density at radius 1 is 1.22 bits per heavy atom. The third-order valence-electron chi connectivity index (χ3n) is 4.89. The molecule has 2 fully saturated rings. The minimum absolute atomic E-state index is 0.450. The molecular weight excluding hydrogens is 224 g/mol. The first-order valence-corrected chi connectivity index (χ1v) is 7.76. The molecule has 3 heteroatoms. The molecular formula is C15H30N2O. The van der Waals surface area contributed by atoms with Gasteiger partial charge in [-0.1, -0.05) is 19.8 Å². The molecule has 0 bridgehead atoms. The van der Waals surface area contributed by atoms with Crippen molar-refractivity contribution in [3.8, 4) is 0 Å². The van der Waals surface area contributed by atoms with Gasteiger partial charge in [0.2, 0.25) is 0 Å². The molecule has 18 heavy (non-hydrogen) atoms. The third-order valence-corrected chi connectivity index (χ3v) is 4.89. The quantitative estimate of drug-likeness (QED) is 0.787. The van der Waals surface area contributed by atoms with Crippen molar-refractivity contribution in [3.63, 3.8) is 0 Å². The van der Waals surface area contributed by atoms with Gasteiger partial charge >= 0.3 is 0 Å². The van der Waals surface area contributed by atoms with Gasteiger partial charge in [0.05, 0.1) is 0 Å². The van der Waals surface area contributed by atoms with Gasteiger partial charge in [-0.2, -0.15) is 0 Å². The number of rotatable bonds is 6. The van der Waals surface area contributed by atoms with Crippen LogP contribution in [0.25, 0.3) is 0 Å². The fourth-order valence-corrected chi connectivity index (χ4v) is 3.77. The van der Waals surface area contributed by atoms with Crippen molar-refractivity contribution in [2.45, 2.75) is 51.5 Å². The highest BCUT2D eigenvalue weighted by molar-refractivity contribution is 4.89. The minimum Gasteiger partial charge on any atom is -0.381 e. The average Bonchev–Trinajstić information content (AvgIpc) is 2.91. The Morgan fingerprint density at radius 3 is 2.44 bits per heavy atom. The van der Waals surface area contributed by atoms with E-state index < -0.39 is 0 Å². The van der Waals surface area contributed by atoms with Crippen LogP contribution in [0.1, 0.15) is 45.4 Å².